The van der Waals surface area contributed by atoms with Gasteiger partial charge in [0, 0.05) is 12.6 Å². The fraction of sp³-hybridized carbons (Fsp3) is 0.333. The third-order valence-electron chi connectivity index (χ3n) is 3.57. The first-order valence-corrected chi connectivity index (χ1v) is 7.74. The third kappa shape index (κ3) is 2.51. The van der Waals surface area contributed by atoms with Crippen LogP contribution >= 0.6 is 11.8 Å². The van der Waals surface area contributed by atoms with Crippen LogP contribution in [0.25, 0.3) is 0 Å². The van der Waals surface area contributed by atoms with Gasteiger partial charge in [-0.2, -0.15) is 5.10 Å². The number of carbonyl (C=O) groups excluding carboxylic acids is 1. The second-order valence-corrected chi connectivity index (χ2v) is 6.08. The summed E-state index contributed by atoms with van der Waals surface area (Å²) >= 11 is 1.61. The van der Waals surface area contributed by atoms with Crippen molar-refractivity contribution in [3.63, 3.8) is 0 Å². The van der Waals surface area contributed by atoms with Gasteiger partial charge in [-0.05, 0) is 24.6 Å². The summed E-state index contributed by atoms with van der Waals surface area (Å²) in [4.78, 5) is 11.9. The first kappa shape index (κ1) is 14.0. The number of amides is 1. The van der Waals surface area contributed by atoms with E-state index in [2.05, 4.69) is 16.5 Å². The zero-order valence-corrected chi connectivity index (χ0v) is 13.0. The molecule has 1 atom stereocenters. The number of nitrogens with one attached hydrogen (secondary N) is 1. The van der Waals surface area contributed by atoms with Crippen molar-refractivity contribution in [1.29, 1.82) is 0 Å². The van der Waals surface area contributed by atoms with Crippen LogP contribution < -0.4 is 10.1 Å². The Balaban J connectivity index is 2.12. The molecule has 0 saturated carbocycles. The third-order valence-corrected chi connectivity index (χ3v) is 4.84. The van der Waals surface area contributed by atoms with Crippen molar-refractivity contribution in [3.8, 4) is 5.75 Å². The van der Waals surface area contributed by atoms with Gasteiger partial charge in [-0.15, -0.1) is 11.8 Å². The average molecular weight is 303 g/mol. The maximum Gasteiger partial charge on any atom is 0.235 e. The van der Waals surface area contributed by atoms with Crippen molar-refractivity contribution < 1.29 is 9.53 Å². The van der Waals surface area contributed by atoms with E-state index >= 15 is 0 Å². The Kier molecular flexibility index (Phi) is 3.63. The Morgan fingerprint density at radius 1 is 1.48 bits per heavy atom. The standard InChI is InChI=1S/C15H17N3O2S/c1-9-13-14(10-5-4-6-11(7-10)20-3)21-8-12(19)16-15(13)18(2)17-9/h4-7,14H,8H2,1-3H3,(H,16,19)/t14-/m1/s1. The van der Waals surface area contributed by atoms with E-state index in [4.69, 9.17) is 4.74 Å². The topological polar surface area (TPSA) is 56.1 Å². The van der Waals surface area contributed by atoms with Gasteiger partial charge in [0.05, 0.1) is 23.8 Å². The van der Waals surface area contributed by atoms with Gasteiger partial charge in [0.1, 0.15) is 11.6 Å². The van der Waals surface area contributed by atoms with Gasteiger partial charge in [-0.3, -0.25) is 9.48 Å². The van der Waals surface area contributed by atoms with Crippen molar-refractivity contribution in [2.75, 3.05) is 18.2 Å². The molecule has 110 valence electrons. The first-order valence-electron chi connectivity index (χ1n) is 6.69. The summed E-state index contributed by atoms with van der Waals surface area (Å²) in [7, 11) is 3.51. The Bertz CT molecular complexity index is 696. The van der Waals surface area contributed by atoms with Crippen molar-refractivity contribution in [2.45, 2.75) is 12.2 Å². The van der Waals surface area contributed by atoms with Crippen LogP contribution in [0, 0.1) is 6.92 Å². The molecule has 6 heteroatoms. The zero-order valence-electron chi connectivity index (χ0n) is 12.2. The van der Waals surface area contributed by atoms with Crippen LogP contribution in [0.5, 0.6) is 5.75 Å². The molecule has 1 amide bonds. The number of nitrogens with zero attached hydrogens (tertiary/aromatic N) is 2. The predicted octanol–water partition coefficient (Wildman–Crippen LogP) is 2.51. The average Bonchev–Trinajstić information content (AvgIpc) is 2.65. The van der Waals surface area contributed by atoms with E-state index in [1.165, 1.54) is 0 Å². The molecule has 2 aromatic rings. The van der Waals surface area contributed by atoms with Crippen molar-refractivity contribution in [2.24, 2.45) is 7.05 Å². The molecule has 1 aromatic heterocycles. The number of hydrogen-bond donors (Lipinski definition) is 1. The number of benzene rings is 1. The lowest BCUT2D eigenvalue weighted by atomic mass is 10.0. The molecule has 1 aliphatic heterocycles. The summed E-state index contributed by atoms with van der Waals surface area (Å²) in [6.07, 6.45) is 0. The second kappa shape index (κ2) is 5.44. The van der Waals surface area contributed by atoms with Gasteiger partial charge in [0.2, 0.25) is 5.91 Å². The van der Waals surface area contributed by atoms with Crippen LogP contribution in [0.15, 0.2) is 24.3 Å². The lowest BCUT2D eigenvalue weighted by Crippen LogP contribution is -2.15. The van der Waals surface area contributed by atoms with Gasteiger partial charge in [-0.25, -0.2) is 0 Å². The number of aromatic nitrogens is 2. The molecule has 1 aromatic carbocycles. The van der Waals surface area contributed by atoms with Crippen LogP contribution in [0.1, 0.15) is 22.1 Å². The van der Waals surface area contributed by atoms with Gasteiger partial charge >= 0.3 is 0 Å². The summed E-state index contributed by atoms with van der Waals surface area (Å²) in [5.74, 6) is 2.04. The molecule has 1 N–H and O–H groups in total. The first-order chi connectivity index (χ1) is 10.1. The monoisotopic (exact) mass is 303 g/mol. The number of anilines is 1. The maximum atomic E-state index is 11.9. The summed E-state index contributed by atoms with van der Waals surface area (Å²) < 4.78 is 7.05. The number of rotatable bonds is 2. The second-order valence-electron chi connectivity index (χ2n) is 4.99. The van der Waals surface area contributed by atoms with E-state index < -0.39 is 0 Å². The summed E-state index contributed by atoms with van der Waals surface area (Å²) in [5.41, 5.74) is 3.13. The highest BCUT2D eigenvalue weighted by Gasteiger charge is 2.29. The molecule has 0 spiro atoms. The normalized spacial score (nSPS) is 17.9. The van der Waals surface area contributed by atoms with Crippen molar-refractivity contribution in [1.82, 2.24) is 9.78 Å². The van der Waals surface area contributed by atoms with Crippen molar-refractivity contribution in [3.05, 3.63) is 41.1 Å². The van der Waals surface area contributed by atoms with Crippen LogP contribution in [0.2, 0.25) is 0 Å². The Hall–Kier alpha value is -1.95. The fourth-order valence-corrected chi connectivity index (χ4v) is 3.79. The zero-order chi connectivity index (χ0) is 15.0. The number of fused-ring (bicyclic) bond motifs is 1. The highest BCUT2D eigenvalue weighted by molar-refractivity contribution is 8.00. The number of methoxy groups -OCH3 is 1. The SMILES string of the molecule is COc1cccc([C@H]2SCC(=O)Nc3c2c(C)nn3C)c1. The van der Waals surface area contributed by atoms with Crippen LogP contribution in [0.4, 0.5) is 5.82 Å². The van der Waals surface area contributed by atoms with E-state index in [-0.39, 0.29) is 11.2 Å². The molecule has 3 rings (SSSR count). The van der Waals surface area contributed by atoms with Crippen LogP contribution in [0.3, 0.4) is 0 Å². The van der Waals surface area contributed by atoms with E-state index in [0.29, 0.717) is 5.75 Å². The lowest BCUT2D eigenvalue weighted by molar-refractivity contribution is -0.113. The molecule has 0 unspecified atom stereocenters. The molecular formula is C15H17N3O2S. The Morgan fingerprint density at radius 2 is 2.29 bits per heavy atom. The molecule has 21 heavy (non-hydrogen) atoms. The lowest BCUT2D eigenvalue weighted by Gasteiger charge is -2.16. The molecule has 1 aliphatic rings. The van der Waals surface area contributed by atoms with Crippen molar-refractivity contribution >= 4 is 23.5 Å². The summed E-state index contributed by atoms with van der Waals surface area (Å²) in [6.45, 7) is 1.98. The van der Waals surface area contributed by atoms with Gasteiger partial charge in [0.25, 0.3) is 0 Å². The Morgan fingerprint density at radius 3 is 3.05 bits per heavy atom. The van der Waals surface area contributed by atoms with E-state index in [1.54, 1.807) is 23.6 Å². The molecular weight excluding hydrogens is 286 g/mol. The van der Waals surface area contributed by atoms with Crippen LogP contribution in [-0.2, 0) is 11.8 Å². The molecule has 0 radical (unpaired) electrons. The minimum Gasteiger partial charge on any atom is -0.497 e. The maximum absolute atomic E-state index is 11.9. The molecule has 0 saturated heterocycles. The minimum absolute atomic E-state index is 0.00893. The summed E-state index contributed by atoms with van der Waals surface area (Å²) in [6, 6.07) is 7.97. The molecule has 0 aliphatic carbocycles. The smallest absolute Gasteiger partial charge is 0.235 e. The molecule has 2 heterocycles. The Labute approximate surface area is 127 Å². The molecule has 0 bridgehead atoms. The van der Waals surface area contributed by atoms with E-state index in [9.17, 15) is 4.79 Å². The number of carbonyl (C=O) groups is 1. The highest BCUT2D eigenvalue weighted by atomic mass is 32.2. The predicted molar refractivity (Wildman–Crippen MR) is 83.9 cm³/mol. The number of ether oxygens (including phenoxy) is 1. The summed E-state index contributed by atoms with van der Waals surface area (Å²) in [5, 5.41) is 7.47. The number of hydrogen-bond acceptors (Lipinski definition) is 4. The quantitative estimate of drug-likeness (QED) is 0.926. The number of thioether (sulfide) groups is 1. The van der Waals surface area contributed by atoms with E-state index in [0.717, 1.165) is 28.4 Å². The highest BCUT2D eigenvalue weighted by Crippen LogP contribution is 2.43. The van der Waals surface area contributed by atoms with Crippen LogP contribution in [-0.4, -0.2) is 28.6 Å². The minimum atomic E-state index is 0.00893. The largest absolute Gasteiger partial charge is 0.497 e. The van der Waals surface area contributed by atoms with E-state index in [1.807, 2.05) is 32.2 Å². The molecule has 0 fully saturated rings. The number of aryl methyl sites for hydroxylation is 2. The van der Waals surface area contributed by atoms with Gasteiger partial charge in [-0.1, -0.05) is 12.1 Å². The van der Waals surface area contributed by atoms with Gasteiger partial charge < -0.3 is 10.1 Å². The molecule has 5 nitrogen and oxygen atoms in total. The van der Waals surface area contributed by atoms with Gasteiger partial charge in [0.15, 0.2) is 0 Å². The fourth-order valence-electron chi connectivity index (χ4n) is 2.61.